The number of rotatable bonds is 3. The number of likely N-dealkylation sites (tertiary alicyclic amines) is 1. The lowest BCUT2D eigenvalue weighted by Crippen LogP contribution is -2.48. The van der Waals surface area contributed by atoms with Crippen molar-refractivity contribution in [2.75, 3.05) is 51.3 Å². The van der Waals surface area contributed by atoms with Gasteiger partial charge in [-0.2, -0.15) is 0 Å². The molecule has 0 radical (unpaired) electrons. The highest BCUT2D eigenvalue weighted by Crippen LogP contribution is 2.44. The smallest absolute Gasteiger partial charge is 0.409 e. The van der Waals surface area contributed by atoms with Crippen LogP contribution in [-0.4, -0.2) is 74.1 Å². The van der Waals surface area contributed by atoms with E-state index in [1.807, 2.05) is 61.2 Å². The molecule has 0 N–H and O–H groups in total. The first-order valence-electron chi connectivity index (χ1n) is 12.1. The second-order valence-electron chi connectivity index (χ2n) is 10.0. The number of anilines is 1. The summed E-state index contributed by atoms with van der Waals surface area (Å²) in [5, 5.41) is 0. The van der Waals surface area contributed by atoms with Crippen molar-refractivity contribution in [2.45, 2.75) is 31.3 Å². The third kappa shape index (κ3) is 3.90. The molecule has 2 saturated heterocycles. The van der Waals surface area contributed by atoms with Crippen LogP contribution in [0.15, 0.2) is 48.5 Å². The van der Waals surface area contributed by atoms with Crippen LogP contribution >= 0.6 is 0 Å². The van der Waals surface area contributed by atoms with Crippen molar-refractivity contribution in [3.63, 3.8) is 0 Å². The van der Waals surface area contributed by atoms with Gasteiger partial charge >= 0.3 is 12.1 Å². The van der Waals surface area contributed by atoms with E-state index < -0.39 is 11.0 Å². The molecular formula is C27H31N3O5. The number of nitrogens with zero attached hydrogens (tertiary/aromatic N) is 3. The summed E-state index contributed by atoms with van der Waals surface area (Å²) >= 11 is 0. The Labute approximate surface area is 205 Å². The van der Waals surface area contributed by atoms with E-state index in [2.05, 4.69) is 4.90 Å². The molecule has 35 heavy (non-hydrogen) atoms. The van der Waals surface area contributed by atoms with Gasteiger partial charge in [0.25, 0.3) is 0 Å². The molecule has 2 aromatic rings. The van der Waals surface area contributed by atoms with Gasteiger partial charge in [0.05, 0.1) is 24.6 Å². The number of esters is 1. The number of methoxy groups -OCH3 is 1. The molecule has 5 rings (SSSR count). The molecule has 3 aliphatic heterocycles. The van der Waals surface area contributed by atoms with Gasteiger partial charge in [-0.15, -0.1) is 0 Å². The lowest BCUT2D eigenvalue weighted by atomic mass is 9.83. The topological polar surface area (TPSA) is 79.4 Å². The SMILES string of the molecule is COC(=O)N1CCN(c2ccc(C(C)(C)C(=O)N3CC[C@@]4(C3)OC(=O)c3ccccc34)cc2)CC1. The van der Waals surface area contributed by atoms with Gasteiger partial charge in [0.15, 0.2) is 5.60 Å². The molecule has 3 aliphatic rings. The molecule has 0 aromatic heterocycles. The largest absolute Gasteiger partial charge is 0.453 e. The van der Waals surface area contributed by atoms with Crippen LogP contribution in [-0.2, 0) is 25.3 Å². The summed E-state index contributed by atoms with van der Waals surface area (Å²) in [7, 11) is 1.40. The molecule has 2 amide bonds. The van der Waals surface area contributed by atoms with E-state index in [0.29, 0.717) is 38.2 Å². The molecule has 0 unspecified atom stereocenters. The van der Waals surface area contributed by atoms with E-state index in [4.69, 9.17) is 9.47 Å². The van der Waals surface area contributed by atoms with E-state index in [-0.39, 0.29) is 18.0 Å². The van der Waals surface area contributed by atoms with E-state index >= 15 is 0 Å². The highest BCUT2D eigenvalue weighted by Gasteiger charge is 2.52. The van der Waals surface area contributed by atoms with E-state index in [9.17, 15) is 14.4 Å². The minimum atomic E-state index is -0.740. The Bertz CT molecular complexity index is 1150. The van der Waals surface area contributed by atoms with Crippen molar-refractivity contribution >= 4 is 23.7 Å². The Balaban J connectivity index is 1.27. The molecule has 0 saturated carbocycles. The first kappa shape index (κ1) is 23.2. The van der Waals surface area contributed by atoms with Gasteiger partial charge < -0.3 is 24.2 Å². The fraction of sp³-hybridized carbons (Fsp3) is 0.444. The number of ether oxygens (including phenoxy) is 2. The molecule has 0 aliphatic carbocycles. The first-order chi connectivity index (χ1) is 16.7. The number of hydrogen-bond acceptors (Lipinski definition) is 6. The number of carbonyl (C=O) groups excluding carboxylic acids is 3. The molecule has 1 spiro atoms. The van der Waals surface area contributed by atoms with Crippen LogP contribution < -0.4 is 4.90 Å². The number of piperazine rings is 1. The summed E-state index contributed by atoms with van der Waals surface area (Å²) in [6, 6.07) is 15.6. The van der Waals surface area contributed by atoms with Crippen molar-refractivity contribution in [3.05, 3.63) is 65.2 Å². The average Bonchev–Trinajstić information content (AvgIpc) is 3.44. The standard InChI is InChI=1S/C27H31N3O5/c1-26(2,19-8-10-20(11-9-19)28-14-16-29(17-15-28)25(33)34-3)24(32)30-13-12-27(18-30)22-7-5-4-6-21(22)23(31)35-27/h4-11H,12-18H2,1-3H3/t27-/m0/s1. The third-order valence-electron chi connectivity index (χ3n) is 7.65. The maximum absolute atomic E-state index is 13.6. The van der Waals surface area contributed by atoms with Gasteiger partial charge in [-0.25, -0.2) is 9.59 Å². The molecular weight excluding hydrogens is 446 g/mol. The Morgan fingerprint density at radius 2 is 1.63 bits per heavy atom. The lowest BCUT2D eigenvalue weighted by molar-refractivity contribution is -0.136. The Morgan fingerprint density at radius 3 is 2.31 bits per heavy atom. The van der Waals surface area contributed by atoms with Gasteiger partial charge in [0.2, 0.25) is 5.91 Å². The van der Waals surface area contributed by atoms with Gasteiger partial charge in [0, 0.05) is 50.4 Å². The molecule has 8 heteroatoms. The van der Waals surface area contributed by atoms with Gasteiger partial charge in [0.1, 0.15) is 0 Å². The minimum Gasteiger partial charge on any atom is -0.453 e. The van der Waals surface area contributed by atoms with Crippen LogP contribution in [0.25, 0.3) is 0 Å². The quantitative estimate of drug-likeness (QED) is 0.632. The summed E-state index contributed by atoms with van der Waals surface area (Å²) in [5.41, 5.74) is 2.02. The monoisotopic (exact) mass is 477 g/mol. The zero-order valence-electron chi connectivity index (χ0n) is 20.5. The maximum atomic E-state index is 13.6. The molecule has 184 valence electrons. The summed E-state index contributed by atoms with van der Waals surface area (Å²) in [6.07, 6.45) is 0.313. The summed E-state index contributed by atoms with van der Waals surface area (Å²) in [5.74, 6) is -0.286. The van der Waals surface area contributed by atoms with Crippen molar-refractivity contribution in [1.82, 2.24) is 9.80 Å². The maximum Gasteiger partial charge on any atom is 0.409 e. The predicted octanol–water partition coefficient (Wildman–Crippen LogP) is 3.15. The van der Waals surface area contributed by atoms with Crippen LogP contribution in [0.3, 0.4) is 0 Å². The number of amides is 2. The molecule has 1 atom stereocenters. The zero-order valence-corrected chi connectivity index (χ0v) is 20.5. The minimum absolute atomic E-state index is 0.0225. The Morgan fingerprint density at radius 1 is 0.943 bits per heavy atom. The predicted molar refractivity (Wildman–Crippen MR) is 130 cm³/mol. The number of hydrogen-bond donors (Lipinski definition) is 0. The lowest BCUT2D eigenvalue weighted by Gasteiger charge is -2.35. The first-order valence-corrected chi connectivity index (χ1v) is 12.1. The van der Waals surface area contributed by atoms with Crippen molar-refractivity contribution in [2.24, 2.45) is 0 Å². The van der Waals surface area contributed by atoms with Crippen LogP contribution in [0, 0.1) is 0 Å². The number of benzene rings is 2. The highest BCUT2D eigenvalue weighted by atomic mass is 16.6. The Hall–Kier alpha value is -3.55. The Kier molecular flexibility index (Phi) is 5.69. The second kappa shape index (κ2) is 8.59. The van der Waals surface area contributed by atoms with Gasteiger partial charge in [-0.1, -0.05) is 30.3 Å². The van der Waals surface area contributed by atoms with Gasteiger partial charge in [-0.3, -0.25) is 4.79 Å². The van der Waals surface area contributed by atoms with Crippen LogP contribution in [0.5, 0.6) is 0 Å². The second-order valence-corrected chi connectivity index (χ2v) is 10.0. The third-order valence-corrected chi connectivity index (χ3v) is 7.65. The number of fused-ring (bicyclic) bond motifs is 2. The molecule has 2 fully saturated rings. The summed E-state index contributed by atoms with van der Waals surface area (Å²) in [4.78, 5) is 43.5. The van der Waals surface area contributed by atoms with Crippen molar-refractivity contribution in [1.29, 1.82) is 0 Å². The number of carbonyl (C=O) groups is 3. The van der Waals surface area contributed by atoms with Gasteiger partial charge in [-0.05, 0) is 37.6 Å². The normalized spacial score (nSPS) is 21.8. The van der Waals surface area contributed by atoms with Crippen LogP contribution in [0.4, 0.5) is 10.5 Å². The fourth-order valence-electron chi connectivity index (χ4n) is 5.49. The molecule has 3 heterocycles. The average molecular weight is 478 g/mol. The van der Waals surface area contributed by atoms with E-state index in [1.54, 1.807) is 11.0 Å². The summed E-state index contributed by atoms with van der Waals surface area (Å²) < 4.78 is 10.6. The van der Waals surface area contributed by atoms with E-state index in [0.717, 1.165) is 29.9 Å². The highest BCUT2D eigenvalue weighted by molar-refractivity contribution is 5.95. The molecule has 0 bridgehead atoms. The van der Waals surface area contributed by atoms with E-state index in [1.165, 1.54) is 7.11 Å². The molecule has 8 nitrogen and oxygen atoms in total. The zero-order chi connectivity index (χ0) is 24.8. The van der Waals surface area contributed by atoms with Crippen molar-refractivity contribution in [3.8, 4) is 0 Å². The van der Waals surface area contributed by atoms with Crippen LogP contribution in [0.1, 0.15) is 41.8 Å². The van der Waals surface area contributed by atoms with Crippen LogP contribution in [0.2, 0.25) is 0 Å². The van der Waals surface area contributed by atoms with Crippen molar-refractivity contribution < 1.29 is 23.9 Å². The molecule has 2 aromatic carbocycles. The fourth-order valence-corrected chi connectivity index (χ4v) is 5.49. The summed E-state index contributed by atoms with van der Waals surface area (Å²) in [6.45, 7) is 7.50.